The van der Waals surface area contributed by atoms with Gasteiger partial charge in [-0.25, -0.2) is 0 Å². The fourth-order valence-electron chi connectivity index (χ4n) is 0.192. The van der Waals surface area contributed by atoms with Crippen LogP contribution in [0.3, 0.4) is 0 Å². The molecule has 0 aromatic carbocycles. The minimum atomic E-state index is 1.05. The smallest absolute Gasteiger partial charge is 0.0784 e. The van der Waals surface area contributed by atoms with Gasteiger partial charge in [-0.1, -0.05) is 13.0 Å². The van der Waals surface area contributed by atoms with Crippen LogP contribution in [0, 0.1) is 0 Å². The normalized spacial score (nSPS) is 9.67. The highest BCUT2D eigenvalue weighted by Crippen LogP contribution is 1.76. The molecule has 0 spiro atoms. The van der Waals surface area contributed by atoms with Crippen molar-refractivity contribution < 1.29 is 4.74 Å². The van der Waals surface area contributed by atoms with Gasteiger partial charge in [0.2, 0.25) is 0 Å². The second kappa shape index (κ2) is 4.54. The number of ether oxygens (including phenoxy) is 1. The monoisotopic (exact) mass is 86.1 g/mol. The summed E-state index contributed by atoms with van der Waals surface area (Å²) in [6.07, 6.45) is 4.69. The standard InChI is InChI=1S/C5H10O/c1-3-4-5-6-2/h4-5H,3H2,1-2H3/b5-4+. The molecule has 0 radical (unpaired) electrons. The Morgan fingerprint density at radius 1 is 1.67 bits per heavy atom. The second-order valence-corrected chi connectivity index (χ2v) is 1.02. The molecule has 0 aromatic rings. The van der Waals surface area contributed by atoms with E-state index in [-0.39, 0.29) is 0 Å². The lowest BCUT2D eigenvalue weighted by Crippen LogP contribution is -1.61. The van der Waals surface area contributed by atoms with Crippen molar-refractivity contribution >= 4 is 0 Å². The maximum Gasteiger partial charge on any atom is 0.0784 e. The molecule has 0 heterocycles. The molecular formula is C5H10O. The fraction of sp³-hybridized carbons (Fsp3) is 0.600. The third-order valence-electron chi connectivity index (χ3n) is 0.468. The van der Waals surface area contributed by atoms with Crippen molar-refractivity contribution in [3.63, 3.8) is 0 Å². The maximum absolute atomic E-state index is 4.60. The van der Waals surface area contributed by atoms with Gasteiger partial charge in [-0.05, 0) is 6.42 Å². The summed E-state index contributed by atoms with van der Waals surface area (Å²) in [5, 5.41) is 0. The van der Waals surface area contributed by atoms with Gasteiger partial charge < -0.3 is 4.74 Å². The topological polar surface area (TPSA) is 9.23 Å². The summed E-state index contributed by atoms with van der Waals surface area (Å²) in [4.78, 5) is 0. The highest BCUT2D eigenvalue weighted by atomic mass is 16.5. The van der Waals surface area contributed by atoms with Crippen molar-refractivity contribution in [3.05, 3.63) is 12.3 Å². The van der Waals surface area contributed by atoms with Crippen LogP contribution in [0.25, 0.3) is 0 Å². The lowest BCUT2D eigenvalue weighted by atomic mass is 10.5. The Hall–Kier alpha value is -0.460. The van der Waals surface area contributed by atoms with Crippen molar-refractivity contribution in [2.24, 2.45) is 0 Å². The number of allylic oxidation sites excluding steroid dienone is 1. The first-order valence-corrected chi connectivity index (χ1v) is 2.09. The van der Waals surface area contributed by atoms with Crippen LogP contribution in [-0.4, -0.2) is 7.11 Å². The first-order chi connectivity index (χ1) is 2.91. The van der Waals surface area contributed by atoms with Gasteiger partial charge in [0.05, 0.1) is 13.4 Å². The summed E-state index contributed by atoms with van der Waals surface area (Å²) in [5.41, 5.74) is 0. The minimum Gasteiger partial charge on any atom is -0.505 e. The molecule has 0 amide bonds. The molecule has 1 nitrogen and oxygen atoms in total. The SMILES string of the molecule is CC/C=C/OC. The number of rotatable bonds is 2. The third-order valence-corrected chi connectivity index (χ3v) is 0.468. The van der Waals surface area contributed by atoms with Crippen molar-refractivity contribution in [1.82, 2.24) is 0 Å². The highest BCUT2D eigenvalue weighted by Gasteiger charge is 1.58. The molecular weight excluding hydrogens is 76.1 g/mol. The molecule has 0 saturated carbocycles. The summed E-state index contributed by atoms with van der Waals surface area (Å²) in [6.45, 7) is 2.06. The van der Waals surface area contributed by atoms with Crippen molar-refractivity contribution in [2.75, 3.05) is 7.11 Å². The first-order valence-electron chi connectivity index (χ1n) is 2.09. The quantitative estimate of drug-likeness (QED) is 0.463. The average Bonchev–Trinajstić information content (AvgIpc) is 1.61. The van der Waals surface area contributed by atoms with Gasteiger partial charge in [0.1, 0.15) is 0 Å². The lowest BCUT2D eigenvalue weighted by molar-refractivity contribution is 0.336. The predicted molar refractivity (Wildman–Crippen MR) is 26.4 cm³/mol. The van der Waals surface area contributed by atoms with E-state index in [1.54, 1.807) is 13.4 Å². The largest absolute Gasteiger partial charge is 0.505 e. The molecule has 0 bridgehead atoms. The minimum absolute atomic E-state index is 1.05. The third kappa shape index (κ3) is 3.54. The van der Waals surface area contributed by atoms with Crippen LogP contribution < -0.4 is 0 Å². The molecule has 0 aliphatic rings. The second-order valence-electron chi connectivity index (χ2n) is 1.02. The summed E-state index contributed by atoms with van der Waals surface area (Å²) < 4.78 is 4.60. The molecule has 1 heteroatoms. The van der Waals surface area contributed by atoms with E-state index in [4.69, 9.17) is 0 Å². The zero-order valence-corrected chi connectivity index (χ0v) is 4.27. The summed E-state index contributed by atoms with van der Waals surface area (Å²) >= 11 is 0. The Bertz CT molecular complexity index is 33.2. The van der Waals surface area contributed by atoms with Gasteiger partial charge in [0.15, 0.2) is 0 Å². The van der Waals surface area contributed by atoms with Crippen LogP contribution in [-0.2, 0) is 4.74 Å². The van der Waals surface area contributed by atoms with Crippen LogP contribution in [0.5, 0.6) is 0 Å². The van der Waals surface area contributed by atoms with Crippen LogP contribution >= 0.6 is 0 Å². The Morgan fingerprint density at radius 3 is 2.50 bits per heavy atom. The Balaban J connectivity index is 2.73. The van der Waals surface area contributed by atoms with Gasteiger partial charge in [-0.3, -0.25) is 0 Å². The van der Waals surface area contributed by atoms with Crippen LogP contribution in [0.4, 0.5) is 0 Å². The van der Waals surface area contributed by atoms with Gasteiger partial charge >= 0.3 is 0 Å². The van der Waals surface area contributed by atoms with Crippen molar-refractivity contribution in [2.45, 2.75) is 13.3 Å². The molecule has 0 N–H and O–H groups in total. The lowest BCUT2D eigenvalue weighted by Gasteiger charge is -1.80. The van der Waals surface area contributed by atoms with E-state index in [9.17, 15) is 0 Å². The zero-order chi connectivity index (χ0) is 4.83. The predicted octanol–water partition coefficient (Wildman–Crippen LogP) is 1.56. The molecule has 36 valence electrons. The van der Waals surface area contributed by atoms with Crippen molar-refractivity contribution in [3.8, 4) is 0 Å². The van der Waals surface area contributed by atoms with Gasteiger partial charge in [-0.15, -0.1) is 0 Å². The Labute approximate surface area is 38.6 Å². The van der Waals surface area contributed by atoms with Crippen molar-refractivity contribution in [1.29, 1.82) is 0 Å². The molecule has 0 unspecified atom stereocenters. The molecule has 0 atom stereocenters. The molecule has 0 aromatic heterocycles. The first kappa shape index (κ1) is 5.54. The van der Waals surface area contributed by atoms with Crippen LogP contribution in [0.1, 0.15) is 13.3 Å². The number of hydrogen-bond acceptors (Lipinski definition) is 1. The molecule has 0 fully saturated rings. The van der Waals surface area contributed by atoms with Gasteiger partial charge in [-0.2, -0.15) is 0 Å². The number of hydrogen-bond donors (Lipinski definition) is 0. The molecule has 0 aliphatic heterocycles. The van der Waals surface area contributed by atoms with Crippen LogP contribution in [0.2, 0.25) is 0 Å². The van der Waals surface area contributed by atoms with E-state index in [2.05, 4.69) is 11.7 Å². The van der Waals surface area contributed by atoms with E-state index in [1.807, 2.05) is 6.08 Å². The molecule has 6 heavy (non-hydrogen) atoms. The van der Waals surface area contributed by atoms with E-state index in [0.717, 1.165) is 6.42 Å². The summed E-state index contributed by atoms with van der Waals surface area (Å²) in [7, 11) is 1.64. The van der Waals surface area contributed by atoms with Gasteiger partial charge in [0.25, 0.3) is 0 Å². The zero-order valence-electron chi connectivity index (χ0n) is 4.27. The van der Waals surface area contributed by atoms with Crippen LogP contribution in [0.15, 0.2) is 12.3 Å². The van der Waals surface area contributed by atoms with E-state index < -0.39 is 0 Å². The molecule has 0 aliphatic carbocycles. The fourth-order valence-corrected chi connectivity index (χ4v) is 0.192. The molecule has 0 saturated heterocycles. The van der Waals surface area contributed by atoms with E-state index in [1.165, 1.54) is 0 Å². The van der Waals surface area contributed by atoms with E-state index >= 15 is 0 Å². The van der Waals surface area contributed by atoms with E-state index in [0.29, 0.717) is 0 Å². The number of methoxy groups -OCH3 is 1. The highest BCUT2D eigenvalue weighted by molar-refractivity contribution is 4.69. The average molecular weight is 86.1 g/mol. The Morgan fingerprint density at radius 2 is 2.33 bits per heavy atom. The van der Waals surface area contributed by atoms with Gasteiger partial charge in [0, 0.05) is 0 Å². The maximum atomic E-state index is 4.60. The molecule has 0 rings (SSSR count). The summed E-state index contributed by atoms with van der Waals surface area (Å²) in [6, 6.07) is 0. The summed E-state index contributed by atoms with van der Waals surface area (Å²) in [5.74, 6) is 0. The Kier molecular flexibility index (Phi) is 4.19.